The van der Waals surface area contributed by atoms with Crippen molar-refractivity contribution in [3.05, 3.63) is 35.6 Å². The van der Waals surface area contributed by atoms with E-state index in [0.29, 0.717) is 5.56 Å². The Morgan fingerprint density at radius 3 is 2.39 bits per heavy atom. The minimum atomic E-state index is -1.35. The summed E-state index contributed by atoms with van der Waals surface area (Å²) in [6, 6.07) is 3.07. The van der Waals surface area contributed by atoms with Crippen molar-refractivity contribution in [2.75, 3.05) is 6.61 Å². The largest absolute Gasteiger partial charge is 0.480 e. The highest BCUT2D eigenvalue weighted by molar-refractivity contribution is 5.90. The van der Waals surface area contributed by atoms with Gasteiger partial charge < -0.3 is 20.5 Å². The van der Waals surface area contributed by atoms with Crippen LogP contribution in [0.1, 0.15) is 32.8 Å². The number of carboxylic acids is 1. The molecule has 1 aromatic rings. The first-order chi connectivity index (χ1) is 13.1. The molecule has 0 aliphatic rings. The second-order valence-electron chi connectivity index (χ2n) is 6.38. The average molecular weight is 396 g/mol. The summed E-state index contributed by atoms with van der Waals surface area (Å²) in [5, 5.41) is 14.1. The number of hydrogen-bond donors (Lipinski definition) is 3. The molecule has 0 saturated heterocycles. The fourth-order valence-electron chi connectivity index (χ4n) is 2.58. The first-order valence-corrected chi connectivity index (χ1v) is 8.85. The molecule has 0 fully saturated rings. The van der Waals surface area contributed by atoms with Gasteiger partial charge in [-0.15, -0.1) is 0 Å². The normalized spacial score (nSPS) is 13.7. The number of esters is 1. The zero-order valence-corrected chi connectivity index (χ0v) is 16.0. The lowest BCUT2D eigenvalue weighted by Gasteiger charge is -2.22. The molecule has 1 rings (SSSR count). The molecule has 3 atom stereocenters. The maximum atomic E-state index is 13.4. The van der Waals surface area contributed by atoms with Crippen LogP contribution in [0.15, 0.2) is 24.3 Å². The number of aliphatic carboxylic acids is 1. The van der Waals surface area contributed by atoms with Crippen LogP contribution in [0.25, 0.3) is 0 Å². The molecule has 154 valence electrons. The minimum Gasteiger partial charge on any atom is -0.480 e. The molecule has 0 aliphatic heterocycles. The van der Waals surface area contributed by atoms with Crippen LogP contribution < -0.4 is 10.6 Å². The Balaban J connectivity index is 2.88. The van der Waals surface area contributed by atoms with E-state index in [4.69, 9.17) is 4.74 Å². The molecule has 1 aromatic carbocycles. The van der Waals surface area contributed by atoms with E-state index in [2.05, 4.69) is 10.6 Å². The number of carbonyl (C=O) groups is 4. The van der Waals surface area contributed by atoms with Crippen LogP contribution in [-0.4, -0.2) is 47.6 Å². The third kappa shape index (κ3) is 7.73. The maximum Gasteiger partial charge on any atom is 0.326 e. The van der Waals surface area contributed by atoms with Crippen LogP contribution in [0.3, 0.4) is 0 Å². The summed E-state index contributed by atoms with van der Waals surface area (Å²) in [7, 11) is 0. The third-order valence-electron chi connectivity index (χ3n) is 3.92. The van der Waals surface area contributed by atoms with Crippen LogP contribution in [0.4, 0.5) is 4.39 Å². The lowest BCUT2D eigenvalue weighted by molar-refractivity contribution is -0.149. The van der Waals surface area contributed by atoms with E-state index >= 15 is 0 Å². The molecular weight excluding hydrogens is 371 g/mol. The summed E-state index contributed by atoms with van der Waals surface area (Å²) in [6.07, 6.45) is -0.199. The summed E-state index contributed by atoms with van der Waals surface area (Å²) in [5.41, 5.74) is 0.459. The number of amides is 2. The monoisotopic (exact) mass is 396 g/mol. The van der Waals surface area contributed by atoms with Gasteiger partial charge in [-0.25, -0.2) is 9.18 Å². The molecule has 0 saturated carbocycles. The number of carboxylic acid groups (broad SMARTS) is 1. The summed E-state index contributed by atoms with van der Waals surface area (Å²) in [5.74, 6) is -4.38. The van der Waals surface area contributed by atoms with Gasteiger partial charge >= 0.3 is 11.9 Å². The number of benzene rings is 1. The molecule has 0 spiro atoms. The van der Waals surface area contributed by atoms with Gasteiger partial charge in [-0.05, 0) is 31.0 Å². The molecule has 2 amide bonds. The van der Waals surface area contributed by atoms with Crippen LogP contribution in [0, 0.1) is 11.7 Å². The first-order valence-electron chi connectivity index (χ1n) is 8.85. The topological polar surface area (TPSA) is 122 Å². The Kier molecular flexibility index (Phi) is 9.07. The summed E-state index contributed by atoms with van der Waals surface area (Å²) >= 11 is 0. The molecule has 9 heteroatoms. The second kappa shape index (κ2) is 11.0. The highest BCUT2D eigenvalue weighted by Crippen LogP contribution is 2.11. The van der Waals surface area contributed by atoms with Crippen molar-refractivity contribution in [3.63, 3.8) is 0 Å². The van der Waals surface area contributed by atoms with Crippen molar-refractivity contribution in [2.24, 2.45) is 5.92 Å². The SMILES string of the molecule is CCOC(=O)[C@@H](C)C[C@H](NC(=O)[C@@H](Cc1cccc(F)c1)NC(C)=O)C(=O)O. The van der Waals surface area contributed by atoms with Crippen molar-refractivity contribution >= 4 is 23.8 Å². The Labute approximate surface area is 162 Å². The smallest absolute Gasteiger partial charge is 0.326 e. The van der Waals surface area contributed by atoms with Gasteiger partial charge in [0.1, 0.15) is 17.9 Å². The maximum absolute atomic E-state index is 13.4. The number of halogens is 1. The van der Waals surface area contributed by atoms with E-state index in [1.807, 2.05) is 0 Å². The number of ether oxygens (including phenoxy) is 1. The van der Waals surface area contributed by atoms with Gasteiger partial charge in [-0.2, -0.15) is 0 Å². The predicted molar refractivity (Wildman–Crippen MR) is 97.7 cm³/mol. The third-order valence-corrected chi connectivity index (χ3v) is 3.92. The molecule has 0 aliphatic carbocycles. The van der Waals surface area contributed by atoms with Gasteiger partial charge in [0.15, 0.2) is 0 Å². The Morgan fingerprint density at radius 2 is 1.86 bits per heavy atom. The fourth-order valence-corrected chi connectivity index (χ4v) is 2.58. The van der Waals surface area contributed by atoms with E-state index in [0.717, 1.165) is 0 Å². The van der Waals surface area contributed by atoms with Gasteiger partial charge in [-0.3, -0.25) is 14.4 Å². The van der Waals surface area contributed by atoms with Crippen LogP contribution in [0.2, 0.25) is 0 Å². The van der Waals surface area contributed by atoms with Crippen molar-refractivity contribution in [1.82, 2.24) is 10.6 Å². The Hall–Kier alpha value is -2.97. The lowest BCUT2D eigenvalue weighted by atomic mass is 10.0. The van der Waals surface area contributed by atoms with E-state index in [9.17, 15) is 28.7 Å². The van der Waals surface area contributed by atoms with E-state index in [1.165, 1.54) is 32.0 Å². The molecule has 0 radical (unpaired) electrons. The molecular formula is C19H25FN2O6. The molecule has 0 unspecified atom stereocenters. The van der Waals surface area contributed by atoms with E-state index < -0.39 is 47.6 Å². The number of nitrogens with one attached hydrogen (secondary N) is 2. The van der Waals surface area contributed by atoms with E-state index in [-0.39, 0.29) is 19.4 Å². The molecule has 0 bridgehead atoms. The zero-order chi connectivity index (χ0) is 21.3. The van der Waals surface area contributed by atoms with Gasteiger partial charge in [0, 0.05) is 13.3 Å². The standard InChI is InChI=1S/C19H25FN2O6/c1-4-28-19(27)11(2)8-16(18(25)26)22-17(24)15(21-12(3)23)10-13-6-5-7-14(20)9-13/h5-7,9,11,15-16H,4,8,10H2,1-3H3,(H,21,23)(H,22,24)(H,25,26)/t11-,15+,16-/m0/s1. The number of hydrogen-bond acceptors (Lipinski definition) is 5. The number of carbonyl (C=O) groups excluding carboxylic acids is 3. The van der Waals surface area contributed by atoms with Crippen molar-refractivity contribution in [1.29, 1.82) is 0 Å². The average Bonchev–Trinajstić information content (AvgIpc) is 2.60. The van der Waals surface area contributed by atoms with Crippen molar-refractivity contribution < 1.29 is 33.4 Å². The highest BCUT2D eigenvalue weighted by Gasteiger charge is 2.29. The molecule has 3 N–H and O–H groups in total. The minimum absolute atomic E-state index is 0.0249. The predicted octanol–water partition coefficient (Wildman–Crippen LogP) is 1.03. The summed E-state index contributed by atoms with van der Waals surface area (Å²) < 4.78 is 18.2. The Bertz CT molecular complexity index is 724. The van der Waals surface area contributed by atoms with Crippen molar-refractivity contribution in [2.45, 2.75) is 45.7 Å². The first kappa shape index (κ1) is 23.1. The van der Waals surface area contributed by atoms with Gasteiger partial charge in [-0.1, -0.05) is 19.1 Å². The fraction of sp³-hybridized carbons (Fsp3) is 0.474. The second-order valence-corrected chi connectivity index (χ2v) is 6.38. The molecule has 0 heterocycles. The number of rotatable bonds is 10. The Morgan fingerprint density at radius 1 is 1.18 bits per heavy atom. The van der Waals surface area contributed by atoms with E-state index in [1.54, 1.807) is 13.0 Å². The van der Waals surface area contributed by atoms with Crippen LogP contribution in [0.5, 0.6) is 0 Å². The van der Waals surface area contributed by atoms with Gasteiger partial charge in [0.2, 0.25) is 11.8 Å². The van der Waals surface area contributed by atoms with Crippen LogP contribution >= 0.6 is 0 Å². The quantitative estimate of drug-likeness (QED) is 0.508. The molecule has 0 aromatic heterocycles. The van der Waals surface area contributed by atoms with Crippen LogP contribution in [-0.2, 0) is 30.3 Å². The summed E-state index contributed by atoms with van der Waals surface area (Å²) in [6.45, 7) is 4.50. The van der Waals surface area contributed by atoms with Gasteiger partial charge in [0.05, 0.1) is 12.5 Å². The molecule has 8 nitrogen and oxygen atoms in total. The highest BCUT2D eigenvalue weighted by atomic mass is 19.1. The van der Waals surface area contributed by atoms with Crippen molar-refractivity contribution in [3.8, 4) is 0 Å². The zero-order valence-electron chi connectivity index (χ0n) is 16.0. The lowest BCUT2D eigenvalue weighted by Crippen LogP contribution is -2.52. The van der Waals surface area contributed by atoms with Gasteiger partial charge in [0.25, 0.3) is 0 Å². The molecule has 28 heavy (non-hydrogen) atoms. The summed E-state index contributed by atoms with van der Waals surface area (Å²) in [4.78, 5) is 47.2.